The fraction of sp³-hybridized carbons (Fsp3) is 0.562. The number of methoxy groups -OCH3 is 2. The summed E-state index contributed by atoms with van der Waals surface area (Å²) < 4.78 is 10.3. The number of esters is 1. The summed E-state index contributed by atoms with van der Waals surface area (Å²) in [6.45, 7) is 4.93. The van der Waals surface area contributed by atoms with Crippen molar-refractivity contribution < 1.29 is 14.3 Å². The Morgan fingerprint density at radius 1 is 1.30 bits per heavy atom. The Balaban J connectivity index is 2.92. The molecule has 0 aromatic heterocycles. The van der Waals surface area contributed by atoms with E-state index in [1.807, 2.05) is 25.1 Å². The molecule has 1 aromatic rings. The Morgan fingerprint density at radius 2 is 2.05 bits per heavy atom. The van der Waals surface area contributed by atoms with Crippen LogP contribution in [0.25, 0.3) is 0 Å². The van der Waals surface area contributed by atoms with Crippen LogP contribution in [0.1, 0.15) is 43.4 Å². The van der Waals surface area contributed by atoms with Crippen molar-refractivity contribution in [2.45, 2.75) is 39.2 Å². The van der Waals surface area contributed by atoms with Gasteiger partial charge in [0.15, 0.2) is 0 Å². The maximum atomic E-state index is 12.0. The summed E-state index contributed by atoms with van der Waals surface area (Å²) in [5, 5.41) is 3.27. The minimum Gasteiger partial charge on any atom is -0.496 e. The van der Waals surface area contributed by atoms with Gasteiger partial charge in [0.1, 0.15) is 11.8 Å². The van der Waals surface area contributed by atoms with Gasteiger partial charge < -0.3 is 14.8 Å². The van der Waals surface area contributed by atoms with Crippen LogP contribution >= 0.6 is 0 Å². The molecule has 0 spiro atoms. The standard InChI is InChI=1S/C16H25NO3/c1-5-6-7-10-17-15(16(18)20-4)13-11-12(2)8-9-14(13)19-3/h8-9,11,15,17H,5-7,10H2,1-4H3. The molecule has 0 aliphatic heterocycles. The molecule has 4 nitrogen and oxygen atoms in total. The summed E-state index contributed by atoms with van der Waals surface area (Å²) in [7, 11) is 3.02. The van der Waals surface area contributed by atoms with Gasteiger partial charge in [0.05, 0.1) is 14.2 Å². The summed E-state index contributed by atoms with van der Waals surface area (Å²) in [5.41, 5.74) is 1.92. The number of rotatable bonds is 8. The minimum atomic E-state index is -0.480. The molecule has 4 heteroatoms. The fourth-order valence-electron chi connectivity index (χ4n) is 2.14. The zero-order chi connectivity index (χ0) is 15.0. The van der Waals surface area contributed by atoms with E-state index in [1.165, 1.54) is 7.11 Å². The number of unbranched alkanes of at least 4 members (excludes halogenated alkanes) is 2. The van der Waals surface area contributed by atoms with Gasteiger partial charge in [-0.1, -0.05) is 37.5 Å². The van der Waals surface area contributed by atoms with E-state index >= 15 is 0 Å². The molecule has 0 saturated carbocycles. The van der Waals surface area contributed by atoms with Crippen molar-refractivity contribution in [3.05, 3.63) is 29.3 Å². The first-order valence-electron chi connectivity index (χ1n) is 7.09. The highest BCUT2D eigenvalue weighted by Crippen LogP contribution is 2.27. The van der Waals surface area contributed by atoms with Crippen molar-refractivity contribution in [2.24, 2.45) is 0 Å². The van der Waals surface area contributed by atoms with Crippen LogP contribution in [0, 0.1) is 6.92 Å². The van der Waals surface area contributed by atoms with E-state index in [1.54, 1.807) is 7.11 Å². The molecule has 0 radical (unpaired) electrons. The SMILES string of the molecule is CCCCCNC(C(=O)OC)c1cc(C)ccc1OC. The Bertz CT molecular complexity index is 432. The summed E-state index contributed by atoms with van der Waals surface area (Å²) >= 11 is 0. The van der Waals surface area contributed by atoms with Crippen molar-refractivity contribution in [2.75, 3.05) is 20.8 Å². The van der Waals surface area contributed by atoms with Crippen LogP contribution in [-0.2, 0) is 9.53 Å². The predicted octanol–water partition coefficient (Wildman–Crippen LogP) is 3.00. The third-order valence-electron chi connectivity index (χ3n) is 3.26. The van der Waals surface area contributed by atoms with Gasteiger partial charge in [-0.2, -0.15) is 0 Å². The smallest absolute Gasteiger partial charge is 0.327 e. The van der Waals surface area contributed by atoms with Gasteiger partial charge in [-0.15, -0.1) is 0 Å². The molecule has 1 aromatic carbocycles. The maximum Gasteiger partial charge on any atom is 0.327 e. The second-order valence-corrected chi connectivity index (χ2v) is 4.86. The molecule has 20 heavy (non-hydrogen) atoms. The number of nitrogens with one attached hydrogen (secondary N) is 1. The van der Waals surface area contributed by atoms with Crippen LogP contribution in [-0.4, -0.2) is 26.7 Å². The zero-order valence-corrected chi connectivity index (χ0v) is 12.9. The third-order valence-corrected chi connectivity index (χ3v) is 3.26. The van der Waals surface area contributed by atoms with Crippen molar-refractivity contribution in [3.63, 3.8) is 0 Å². The maximum absolute atomic E-state index is 12.0. The highest BCUT2D eigenvalue weighted by molar-refractivity contribution is 5.78. The second kappa shape index (κ2) is 8.59. The largest absolute Gasteiger partial charge is 0.496 e. The number of ether oxygens (including phenoxy) is 2. The van der Waals surface area contributed by atoms with E-state index in [-0.39, 0.29) is 5.97 Å². The van der Waals surface area contributed by atoms with E-state index < -0.39 is 6.04 Å². The summed E-state index contributed by atoms with van der Waals surface area (Å²) in [6.07, 6.45) is 3.34. The molecule has 0 aliphatic carbocycles. The quantitative estimate of drug-likeness (QED) is 0.587. The van der Waals surface area contributed by atoms with Crippen molar-refractivity contribution >= 4 is 5.97 Å². The molecule has 0 bridgehead atoms. The monoisotopic (exact) mass is 279 g/mol. The zero-order valence-electron chi connectivity index (χ0n) is 12.9. The third kappa shape index (κ3) is 4.53. The lowest BCUT2D eigenvalue weighted by Gasteiger charge is -2.19. The highest BCUT2D eigenvalue weighted by atomic mass is 16.5. The number of carbonyl (C=O) groups is 1. The van der Waals surface area contributed by atoms with Crippen molar-refractivity contribution in [1.29, 1.82) is 0 Å². The van der Waals surface area contributed by atoms with Gasteiger partial charge in [-0.05, 0) is 26.0 Å². The Morgan fingerprint density at radius 3 is 2.65 bits per heavy atom. The average molecular weight is 279 g/mol. The van der Waals surface area contributed by atoms with Crippen molar-refractivity contribution in [3.8, 4) is 5.75 Å². The van der Waals surface area contributed by atoms with Crippen LogP contribution in [0.3, 0.4) is 0 Å². The molecule has 0 saturated heterocycles. The lowest BCUT2D eigenvalue weighted by atomic mass is 10.0. The minimum absolute atomic E-state index is 0.287. The summed E-state index contributed by atoms with van der Waals surface area (Å²) in [6, 6.07) is 5.33. The Kier molecular flexibility index (Phi) is 7.09. The van der Waals surface area contributed by atoms with E-state index in [9.17, 15) is 4.79 Å². The Hall–Kier alpha value is -1.55. The lowest BCUT2D eigenvalue weighted by Crippen LogP contribution is -2.30. The molecular formula is C16H25NO3. The molecule has 0 amide bonds. The van der Waals surface area contributed by atoms with Crippen LogP contribution in [0.4, 0.5) is 0 Å². The van der Waals surface area contributed by atoms with E-state index in [0.29, 0.717) is 5.75 Å². The first kappa shape index (κ1) is 16.5. The lowest BCUT2D eigenvalue weighted by molar-refractivity contribution is -0.143. The molecule has 1 rings (SSSR count). The topological polar surface area (TPSA) is 47.6 Å². The van der Waals surface area contributed by atoms with E-state index in [2.05, 4.69) is 12.2 Å². The normalized spacial score (nSPS) is 12.0. The molecule has 0 heterocycles. The van der Waals surface area contributed by atoms with Gasteiger partial charge >= 0.3 is 5.97 Å². The van der Waals surface area contributed by atoms with Crippen LogP contribution < -0.4 is 10.1 Å². The second-order valence-electron chi connectivity index (χ2n) is 4.86. The van der Waals surface area contributed by atoms with Gasteiger partial charge in [0.25, 0.3) is 0 Å². The van der Waals surface area contributed by atoms with Gasteiger partial charge in [-0.3, -0.25) is 0 Å². The number of hydrogen-bond donors (Lipinski definition) is 1. The number of aryl methyl sites for hydroxylation is 1. The van der Waals surface area contributed by atoms with Gasteiger partial charge in [-0.25, -0.2) is 4.79 Å². The van der Waals surface area contributed by atoms with E-state index in [4.69, 9.17) is 9.47 Å². The van der Waals surface area contributed by atoms with Crippen LogP contribution in [0.2, 0.25) is 0 Å². The molecule has 1 atom stereocenters. The molecule has 0 aliphatic rings. The van der Waals surface area contributed by atoms with Gasteiger partial charge in [0, 0.05) is 5.56 Å². The number of benzene rings is 1. The van der Waals surface area contributed by atoms with Gasteiger partial charge in [0.2, 0.25) is 0 Å². The highest BCUT2D eigenvalue weighted by Gasteiger charge is 2.24. The molecule has 112 valence electrons. The van der Waals surface area contributed by atoms with Crippen LogP contribution in [0.5, 0.6) is 5.75 Å². The van der Waals surface area contributed by atoms with Crippen LogP contribution in [0.15, 0.2) is 18.2 Å². The van der Waals surface area contributed by atoms with Crippen molar-refractivity contribution in [1.82, 2.24) is 5.32 Å². The number of carbonyl (C=O) groups excluding carboxylic acids is 1. The first-order valence-corrected chi connectivity index (χ1v) is 7.09. The molecular weight excluding hydrogens is 254 g/mol. The molecule has 1 unspecified atom stereocenters. The summed E-state index contributed by atoms with van der Waals surface area (Å²) in [5.74, 6) is 0.416. The molecule has 1 N–H and O–H groups in total. The van der Waals surface area contributed by atoms with E-state index in [0.717, 1.165) is 36.9 Å². The molecule has 0 fully saturated rings. The fourth-order valence-corrected chi connectivity index (χ4v) is 2.14. The Labute approximate surface area is 121 Å². The summed E-state index contributed by atoms with van der Waals surface area (Å²) in [4.78, 5) is 12.0. The number of hydrogen-bond acceptors (Lipinski definition) is 4. The first-order chi connectivity index (χ1) is 9.63. The average Bonchev–Trinajstić information content (AvgIpc) is 2.46. The predicted molar refractivity (Wildman–Crippen MR) is 80.0 cm³/mol.